The molecule has 0 bridgehead atoms. The molecule has 1 N–H and O–H groups in total. The number of benzene rings is 1. The van der Waals surface area contributed by atoms with E-state index in [0.717, 1.165) is 12.8 Å². The minimum atomic E-state index is -0.995. The van der Waals surface area contributed by atoms with Crippen molar-refractivity contribution < 1.29 is 19.4 Å². The minimum Gasteiger partial charge on any atom is -0.490 e. The Bertz CT molecular complexity index is 418. The van der Waals surface area contributed by atoms with Gasteiger partial charge in [0.05, 0.1) is 18.8 Å². The summed E-state index contributed by atoms with van der Waals surface area (Å²) in [6.45, 7) is 5.10. The van der Waals surface area contributed by atoms with Crippen LogP contribution in [0.5, 0.6) is 11.5 Å². The number of carbonyl (C=O) groups is 1. The zero-order chi connectivity index (χ0) is 13.5. The molecule has 0 atom stereocenters. The Balaban J connectivity index is 3.06. The van der Waals surface area contributed by atoms with E-state index in [-0.39, 0.29) is 5.56 Å². The second-order valence-electron chi connectivity index (χ2n) is 3.78. The molecule has 4 nitrogen and oxygen atoms in total. The highest BCUT2D eigenvalue weighted by Crippen LogP contribution is 2.34. The van der Waals surface area contributed by atoms with Crippen molar-refractivity contribution in [3.8, 4) is 11.5 Å². The molecule has 0 saturated carbocycles. The average molecular weight is 317 g/mol. The van der Waals surface area contributed by atoms with Crippen LogP contribution in [0, 0.1) is 0 Å². The van der Waals surface area contributed by atoms with E-state index in [9.17, 15) is 4.79 Å². The molecule has 100 valence electrons. The van der Waals surface area contributed by atoms with E-state index >= 15 is 0 Å². The molecule has 1 aromatic rings. The fraction of sp³-hybridized carbons (Fsp3) is 0.462. The molecule has 1 aromatic carbocycles. The summed E-state index contributed by atoms with van der Waals surface area (Å²) in [4.78, 5) is 11.0. The quantitative estimate of drug-likeness (QED) is 0.832. The van der Waals surface area contributed by atoms with Crippen molar-refractivity contribution in [1.29, 1.82) is 0 Å². The Morgan fingerprint density at radius 3 is 2.11 bits per heavy atom. The molecule has 0 saturated heterocycles. The Morgan fingerprint density at radius 1 is 1.17 bits per heavy atom. The van der Waals surface area contributed by atoms with Crippen molar-refractivity contribution in [2.45, 2.75) is 26.7 Å². The number of halogens is 1. The van der Waals surface area contributed by atoms with Crippen LogP contribution in [-0.4, -0.2) is 24.3 Å². The van der Waals surface area contributed by atoms with Crippen molar-refractivity contribution in [3.05, 3.63) is 22.2 Å². The summed E-state index contributed by atoms with van der Waals surface area (Å²) in [5.74, 6) is 0.0540. The van der Waals surface area contributed by atoms with E-state index in [1.54, 1.807) is 6.07 Å². The van der Waals surface area contributed by atoms with Gasteiger partial charge in [-0.05, 0) is 40.9 Å². The van der Waals surface area contributed by atoms with Crippen LogP contribution in [0.4, 0.5) is 0 Å². The molecule has 0 unspecified atom stereocenters. The van der Waals surface area contributed by atoms with E-state index in [4.69, 9.17) is 14.6 Å². The minimum absolute atomic E-state index is 0.171. The topological polar surface area (TPSA) is 55.8 Å². The highest BCUT2D eigenvalue weighted by molar-refractivity contribution is 9.10. The summed E-state index contributed by atoms with van der Waals surface area (Å²) >= 11 is 3.23. The molecule has 1 rings (SSSR count). The molecule has 18 heavy (non-hydrogen) atoms. The Kier molecular flexibility index (Phi) is 5.98. The number of hydrogen-bond acceptors (Lipinski definition) is 3. The van der Waals surface area contributed by atoms with E-state index < -0.39 is 5.97 Å². The van der Waals surface area contributed by atoms with E-state index in [0.29, 0.717) is 29.2 Å². The van der Waals surface area contributed by atoms with Gasteiger partial charge in [0.25, 0.3) is 0 Å². The maximum absolute atomic E-state index is 11.0. The van der Waals surface area contributed by atoms with Gasteiger partial charge in [0, 0.05) is 4.47 Å². The molecule has 0 aliphatic heterocycles. The van der Waals surface area contributed by atoms with Crippen LogP contribution in [0.3, 0.4) is 0 Å². The summed E-state index contributed by atoms with van der Waals surface area (Å²) in [6, 6.07) is 3.14. The van der Waals surface area contributed by atoms with E-state index in [1.807, 2.05) is 13.8 Å². The van der Waals surface area contributed by atoms with Crippen LogP contribution in [0.15, 0.2) is 16.6 Å². The molecule has 0 fully saturated rings. The van der Waals surface area contributed by atoms with E-state index in [1.165, 1.54) is 6.07 Å². The summed E-state index contributed by atoms with van der Waals surface area (Å²) in [6.07, 6.45) is 1.73. The first-order valence-corrected chi connectivity index (χ1v) is 6.71. The number of carboxylic acids is 1. The summed E-state index contributed by atoms with van der Waals surface area (Å²) in [7, 11) is 0. The van der Waals surface area contributed by atoms with Crippen molar-refractivity contribution in [3.63, 3.8) is 0 Å². The summed E-state index contributed by atoms with van der Waals surface area (Å²) in [5.41, 5.74) is 0.171. The lowest BCUT2D eigenvalue weighted by Gasteiger charge is -2.13. The zero-order valence-electron chi connectivity index (χ0n) is 10.5. The van der Waals surface area contributed by atoms with Crippen molar-refractivity contribution in [2.24, 2.45) is 0 Å². The molecule has 0 aliphatic rings. The second kappa shape index (κ2) is 7.26. The zero-order valence-corrected chi connectivity index (χ0v) is 12.1. The molecule has 0 aromatic heterocycles. The fourth-order valence-electron chi connectivity index (χ4n) is 1.35. The third-order valence-electron chi connectivity index (χ3n) is 2.19. The van der Waals surface area contributed by atoms with Crippen molar-refractivity contribution >= 4 is 21.9 Å². The van der Waals surface area contributed by atoms with Crippen LogP contribution < -0.4 is 9.47 Å². The van der Waals surface area contributed by atoms with Gasteiger partial charge in [0.2, 0.25) is 0 Å². The third-order valence-corrected chi connectivity index (χ3v) is 2.84. The normalized spacial score (nSPS) is 10.2. The first kappa shape index (κ1) is 14.8. The molecule has 0 spiro atoms. The largest absolute Gasteiger partial charge is 0.490 e. The maximum atomic E-state index is 11.0. The van der Waals surface area contributed by atoms with Crippen molar-refractivity contribution in [1.82, 2.24) is 0 Å². The molecule has 5 heteroatoms. The van der Waals surface area contributed by atoms with Crippen LogP contribution in [0.2, 0.25) is 0 Å². The lowest BCUT2D eigenvalue weighted by atomic mass is 10.2. The van der Waals surface area contributed by atoms with Gasteiger partial charge in [-0.3, -0.25) is 0 Å². The Morgan fingerprint density at radius 2 is 1.67 bits per heavy atom. The molecular weight excluding hydrogens is 300 g/mol. The van der Waals surface area contributed by atoms with Crippen LogP contribution in [0.1, 0.15) is 37.0 Å². The van der Waals surface area contributed by atoms with Gasteiger partial charge in [0.1, 0.15) is 0 Å². The Hall–Kier alpha value is -1.23. The molecule has 0 amide bonds. The van der Waals surface area contributed by atoms with Crippen LogP contribution >= 0.6 is 15.9 Å². The number of rotatable bonds is 7. The lowest BCUT2D eigenvalue weighted by molar-refractivity contribution is 0.0695. The predicted molar refractivity (Wildman–Crippen MR) is 72.7 cm³/mol. The summed E-state index contributed by atoms with van der Waals surface area (Å²) < 4.78 is 11.6. The molecule has 0 heterocycles. The second-order valence-corrected chi connectivity index (χ2v) is 4.64. The van der Waals surface area contributed by atoms with Crippen LogP contribution in [0.25, 0.3) is 0 Å². The Labute approximate surface area is 115 Å². The van der Waals surface area contributed by atoms with Crippen LogP contribution in [-0.2, 0) is 0 Å². The average Bonchev–Trinajstić information content (AvgIpc) is 2.34. The van der Waals surface area contributed by atoms with E-state index in [2.05, 4.69) is 15.9 Å². The highest BCUT2D eigenvalue weighted by Gasteiger charge is 2.15. The monoisotopic (exact) mass is 316 g/mol. The molecular formula is C13H17BrO4. The van der Waals surface area contributed by atoms with Gasteiger partial charge >= 0.3 is 5.97 Å². The SMILES string of the molecule is CCCOc1cc(Br)c(C(=O)O)cc1OCCC. The number of carboxylic acid groups (broad SMARTS) is 1. The van der Waals surface area contributed by atoms with Gasteiger partial charge in [-0.25, -0.2) is 4.79 Å². The standard InChI is InChI=1S/C13H17BrO4/c1-3-5-17-11-7-9(13(15)16)10(14)8-12(11)18-6-4-2/h7-8H,3-6H2,1-2H3,(H,15,16). The lowest BCUT2D eigenvalue weighted by Crippen LogP contribution is -2.04. The van der Waals surface area contributed by atoms with Gasteiger partial charge in [0.15, 0.2) is 11.5 Å². The highest BCUT2D eigenvalue weighted by atomic mass is 79.9. The predicted octanol–water partition coefficient (Wildman–Crippen LogP) is 3.72. The third kappa shape index (κ3) is 3.91. The van der Waals surface area contributed by atoms with Gasteiger partial charge in [-0.2, -0.15) is 0 Å². The first-order valence-electron chi connectivity index (χ1n) is 5.92. The van der Waals surface area contributed by atoms with Gasteiger partial charge in [-0.1, -0.05) is 13.8 Å². The fourth-order valence-corrected chi connectivity index (χ4v) is 1.84. The van der Waals surface area contributed by atoms with Crippen molar-refractivity contribution in [2.75, 3.05) is 13.2 Å². The van der Waals surface area contributed by atoms with Gasteiger partial charge in [-0.15, -0.1) is 0 Å². The molecule has 0 radical (unpaired) electrons. The van der Waals surface area contributed by atoms with Gasteiger partial charge < -0.3 is 14.6 Å². The molecule has 0 aliphatic carbocycles. The first-order chi connectivity index (χ1) is 8.60. The number of aromatic carboxylic acids is 1. The summed E-state index contributed by atoms with van der Waals surface area (Å²) in [5, 5.41) is 9.06. The number of ether oxygens (including phenoxy) is 2. The number of hydrogen-bond donors (Lipinski definition) is 1. The smallest absolute Gasteiger partial charge is 0.336 e. The maximum Gasteiger partial charge on any atom is 0.336 e.